The third kappa shape index (κ3) is 2.18. The minimum Gasteiger partial charge on any atom is -0.342 e. The van der Waals surface area contributed by atoms with Crippen LogP contribution in [0.3, 0.4) is 0 Å². The number of fused-ring (bicyclic) bond motifs is 1. The van der Waals surface area contributed by atoms with Crippen molar-refractivity contribution in [3.63, 3.8) is 0 Å². The zero-order chi connectivity index (χ0) is 14.1. The van der Waals surface area contributed by atoms with Gasteiger partial charge in [-0.2, -0.15) is 5.26 Å². The van der Waals surface area contributed by atoms with Gasteiger partial charge in [0.05, 0.1) is 29.6 Å². The first kappa shape index (κ1) is 12.5. The quantitative estimate of drug-likeness (QED) is 0.891. The lowest BCUT2D eigenvalue weighted by atomic mass is 10.1. The van der Waals surface area contributed by atoms with Gasteiger partial charge in [0.1, 0.15) is 5.82 Å². The number of carbonyl (C=O) groups is 1. The second-order valence-electron chi connectivity index (χ2n) is 4.96. The van der Waals surface area contributed by atoms with Crippen molar-refractivity contribution in [1.29, 1.82) is 5.26 Å². The van der Waals surface area contributed by atoms with Crippen LogP contribution < -0.4 is 5.32 Å². The van der Waals surface area contributed by atoms with E-state index in [4.69, 9.17) is 5.26 Å². The molecule has 0 radical (unpaired) electrons. The summed E-state index contributed by atoms with van der Waals surface area (Å²) in [6.45, 7) is 2.99. The number of hydrogen-bond acceptors (Lipinski definition) is 3. The van der Waals surface area contributed by atoms with Crippen LogP contribution in [0.1, 0.15) is 23.9 Å². The van der Waals surface area contributed by atoms with Crippen molar-refractivity contribution in [2.24, 2.45) is 0 Å². The Hall–Kier alpha value is -2.55. The van der Waals surface area contributed by atoms with E-state index in [9.17, 15) is 4.79 Å². The lowest BCUT2D eigenvalue weighted by molar-refractivity contribution is 0.218. The Morgan fingerprint density at radius 3 is 3.20 bits per heavy atom. The Balaban J connectivity index is 1.81. The van der Waals surface area contributed by atoms with E-state index in [-0.39, 0.29) is 12.1 Å². The third-order valence-electron chi connectivity index (χ3n) is 3.51. The molecule has 1 fully saturated rings. The fraction of sp³-hybridized carbons (Fsp3) is 0.357. The zero-order valence-corrected chi connectivity index (χ0v) is 11.2. The number of amides is 2. The first-order valence-electron chi connectivity index (χ1n) is 6.56. The van der Waals surface area contributed by atoms with E-state index in [2.05, 4.69) is 21.4 Å². The molecule has 1 atom stereocenters. The van der Waals surface area contributed by atoms with Gasteiger partial charge in [0.15, 0.2) is 0 Å². The molecule has 1 aliphatic rings. The van der Waals surface area contributed by atoms with E-state index < -0.39 is 0 Å². The van der Waals surface area contributed by atoms with Gasteiger partial charge >= 0.3 is 6.03 Å². The number of carbonyl (C=O) groups excluding carboxylic acids is 1. The summed E-state index contributed by atoms with van der Waals surface area (Å²) < 4.78 is 0. The highest BCUT2D eigenvalue weighted by Gasteiger charge is 2.29. The Morgan fingerprint density at radius 2 is 2.40 bits per heavy atom. The molecule has 1 aromatic carbocycles. The van der Waals surface area contributed by atoms with Gasteiger partial charge in [0, 0.05) is 13.1 Å². The molecule has 2 heterocycles. The SMILES string of the molecule is Cc1nc2ccc(C3CN(CCC#N)C(=O)N3)cc2[nH]1. The largest absolute Gasteiger partial charge is 0.342 e. The molecule has 0 bridgehead atoms. The van der Waals surface area contributed by atoms with Crippen LogP contribution in [-0.2, 0) is 0 Å². The van der Waals surface area contributed by atoms with Crippen LogP contribution in [0.15, 0.2) is 18.2 Å². The fourth-order valence-electron chi connectivity index (χ4n) is 2.53. The summed E-state index contributed by atoms with van der Waals surface area (Å²) in [5.41, 5.74) is 2.95. The van der Waals surface area contributed by atoms with Gasteiger partial charge in [0.2, 0.25) is 0 Å². The molecule has 1 unspecified atom stereocenters. The third-order valence-corrected chi connectivity index (χ3v) is 3.51. The lowest BCUT2D eigenvalue weighted by Crippen LogP contribution is -2.28. The van der Waals surface area contributed by atoms with E-state index in [0.717, 1.165) is 22.4 Å². The molecule has 6 nitrogen and oxygen atoms in total. The van der Waals surface area contributed by atoms with E-state index >= 15 is 0 Å². The van der Waals surface area contributed by atoms with Crippen molar-refractivity contribution in [1.82, 2.24) is 20.2 Å². The highest BCUT2D eigenvalue weighted by atomic mass is 16.2. The molecule has 1 aliphatic heterocycles. The van der Waals surface area contributed by atoms with Crippen LogP contribution in [0, 0.1) is 18.3 Å². The molecule has 0 saturated carbocycles. The normalized spacial score (nSPS) is 18.3. The summed E-state index contributed by atoms with van der Waals surface area (Å²) in [7, 11) is 0. The number of nitriles is 1. The van der Waals surface area contributed by atoms with Crippen molar-refractivity contribution in [2.75, 3.05) is 13.1 Å². The number of H-pyrrole nitrogens is 1. The first-order valence-corrected chi connectivity index (χ1v) is 6.56. The molecule has 2 amide bonds. The molecule has 2 aromatic rings. The second-order valence-corrected chi connectivity index (χ2v) is 4.96. The van der Waals surface area contributed by atoms with Crippen molar-refractivity contribution in [2.45, 2.75) is 19.4 Å². The number of hydrogen-bond donors (Lipinski definition) is 2. The predicted molar refractivity (Wildman–Crippen MR) is 73.9 cm³/mol. The Bertz CT molecular complexity index is 699. The number of urea groups is 1. The van der Waals surface area contributed by atoms with Crippen molar-refractivity contribution >= 4 is 17.1 Å². The topological polar surface area (TPSA) is 84.8 Å². The summed E-state index contributed by atoms with van der Waals surface area (Å²) in [5, 5.41) is 11.5. The fourth-order valence-corrected chi connectivity index (χ4v) is 2.53. The summed E-state index contributed by atoms with van der Waals surface area (Å²) in [6, 6.07) is 7.89. The molecular weight excluding hydrogens is 254 g/mol. The van der Waals surface area contributed by atoms with Crippen LogP contribution in [-0.4, -0.2) is 34.0 Å². The van der Waals surface area contributed by atoms with Crippen LogP contribution in [0.2, 0.25) is 0 Å². The summed E-state index contributed by atoms with van der Waals surface area (Å²) in [4.78, 5) is 21.1. The van der Waals surface area contributed by atoms with Crippen molar-refractivity contribution in [3.05, 3.63) is 29.6 Å². The molecule has 0 aliphatic carbocycles. The van der Waals surface area contributed by atoms with Crippen LogP contribution in [0.5, 0.6) is 0 Å². The van der Waals surface area contributed by atoms with E-state index in [1.807, 2.05) is 25.1 Å². The highest BCUT2D eigenvalue weighted by molar-refractivity contribution is 5.79. The molecule has 2 N–H and O–H groups in total. The number of aromatic amines is 1. The molecule has 20 heavy (non-hydrogen) atoms. The average Bonchev–Trinajstić information content (AvgIpc) is 2.97. The van der Waals surface area contributed by atoms with Gasteiger partial charge in [-0.3, -0.25) is 0 Å². The van der Waals surface area contributed by atoms with Crippen molar-refractivity contribution in [3.8, 4) is 6.07 Å². The summed E-state index contributed by atoms with van der Waals surface area (Å²) in [6.07, 6.45) is 0.360. The minimum atomic E-state index is -0.105. The van der Waals surface area contributed by atoms with Gasteiger partial charge in [-0.05, 0) is 24.6 Å². The molecule has 0 spiro atoms. The molecule has 1 saturated heterocycles. The Morgan fingerprint density at radius 1 is 1.55 bits per heavy atom. The number of rotatable bonds is 3. The highest BCUT2D eigenvalue weighted by Crippen LogP contribution is 2.23. The maximum Gasteiger partial charge on any atom is 0.318 e. The van der Waals surface area contributed by atoms with Crippen molar-refractivity contribution < 1.29 is 4.79 Å². The number of benzene rings is 1. The smallest absolute Gasteiger partial charge is 0.318 e. The zero-order valence-electron chi connectivity index (χ0n) is 11.2. The molecule has 102 valence electrons. The second kappa shape index (κ2) is 4.85. The number of aryl methyl sites for hydroxylation is 1. The molecule has 6 heteroatoms. The van der Waals surface area contributed by atoms with E-state index in [1.54, 1.807) is 4.90 Å². The number of nitrogens with one attached hydrogen (secondary N) is 2. The van der Waals surface area contributed by atoms with Gasteiger partial charge in [-0.1, -0.05) is 6.07 Å². The average molecular weight is 269 g/mol. The van der Waals surface area contributed by atoms with Crippen LogP contribution in [0.4, 0.5) is 4.79 Å². The Kier molecular flexibility index (Phi) is 3.03. The standard InChI is InChI=1S/C14H15N5O/c1-9-16-11-4-3-10(7-12(11)17-9)13-8-19(6-2-5-15)14(20)18-13/h3-4,7,13H,2,6,8H2,1H3,(H,16,17)(H,18,20). The van der Waals surface area contributed by atoms with Gasteiger partial charge in [-0.25, -0.2) is 9.78 Å². The lowest BCUT2D eigenvalue weighted by Gasteiger charge is -2.12. The summed E-state index contributed by atoms with van der Waals surface area (Å²) in [5.74, 6) is 0.878. The van der Waals surface area contributed by atoms with E-state index in [1.165, 1.54) is 0 Å². The number of nitrogens with zero attached hydrogens (tertiary/aromatic N) is 3. The van der Waals surface area contributed by atoms with Gasteiger partial charge in [-0.15, -0.1) is 0 Å². The molecular formula is C14H15N5O. The van der Waals surface area contributed by atoms with Crippen LogP contribution in [0.25, 0.3) is 11.0 Å². The monoisotopic (exact) mass is 269 g/mol. The maximum atomic E-state index is 11.8. The summed E-state index contributed by atoms with van der Waals surface area (Å²) >= 11 is 0. The predicted octanol–water partition coefficient (Wildman–Crippen LogP) is 1.85. The minimum absolute atomic E-state index is 0.0331. The van der Waals surface area contributed by atoms with Gasteiger partial charge < -0.3 is 15.2 Å². The molecule has 3 rings (SSSR count). The van der Waals surface area contributed by atoms with E-state index in [0.29, 0.717) is 19.5 Å². The van der Waals surface area contributed by atoms with Crippen LogP contribution >= 0.6 is 0 Å². The number of imidazole rings is 1. The van der Waals surface area contributed by atoms with Gasteiger partial charge in [0.25, 0.3) is 0 Å². The first-order chi connectivity index (χ1) is 9.67. The Labute approximate surface area is 116 Å². The molecule has 1 aromatic heterocycles. The maximum absolute atomic E-state index is 11.8. The number of aromatic nitrogens is 2.